The fourth-order valence-electron chi connectivity index (χ4n) is 2.40. The van der Waals surface area contributed by atoms with E-state index in [-0.39, 0.29) is 11.8 Å². The minimum atomic E-state index is -0.833. The van der Waals surface area contributed by atoms with Crippen molar-refractivity contribution < 1.29 is 24.2 Å². The summed E-state index contributed by atoms with van der Waals surface area (Å²) in [4.78, 5) is 22.1. The fourth-order valence-corrected chi connectivity index (χ4v) is 2.40. The van der Waals surface area contributed by atoms with Gasteiger partial charge in [0.1, 0.15) is 0 Å². The Morgan fingerprint density at radius 1 is 1.37 bits per heavy atom. The number of methoxy groups -OCH3 is 2. The summed E-state index contributed by atoms with van der Waals surface area (Å²) in [7, 11) is 2.96. The Labute approximate surface area is 111 Å². The fraction of sp³-hybridized carbons (Fsp3) is 0.429. The summed E-state index contributed by atoms with van der Waals surface area (Å²) in [5.74, 6) is 0.00563. The second-order valence-electron chi connectivity index (χ2n) is 4.77. The van der Waals surface area contributed by atoms with Crippen molar-refractivity contribution in [1.82, 2.24) is 0 Å². The van der Waals surface area contributed by atoms with E-state index in [1.54, 1.807) is 12.1 Å². The third kappa shape index (κ3) is 2.41. The summed E-state index contributed by atoms with van der Waals surface area (Å²) in [6.45, 7) is 0. The molecule has 1 aliphatic carbocycles. The molecule has 0 atom stereocenters. The summed E-state index contributed by atoms with van der Waals surface area (Å²) >= 11 is 0. The van der Waals surface area contributed by atoms with E-state index < -0.39 is 5.97 Å². The highest BCUT2D eigenvalue weighted by Gasteiger charge is 2.46. The molecule has 19 heavy (non-hydrogen) atoms. The van der Waals surface area contributed by atoms with E-state index in [1.807, 2.05) is 0 Å². The van der Waals surface area contributed by atoms with E-state index in [1.165, 1.54) is 14.2 Å². The molecule has 0 spiro atoms. The highest BCUT2D eigenvalue weighted by Crippen LogP contribution is 2.52. The van der Waals surface area contributed by atoms with Gasteiger partial charge in [0.2, 0.25) is 0 Å². The van der Waals surface area contributed by atoms with Gasteiger partial charge in [0.15, 0.2) is 17.8 Å². The van der Waals surface area contributed by atoms with E-state index in [2.05, 4.69) is 0 Å². The van der Waals surface area contributed by atoms with Crippen LogP contribution in [0, 0.1) is 0 Å². The minimum Gasteiger partial charge on any atom is -0.493 e. The van der Waals surface area contributed by atoms with E-state index in [0.29, 0.717) is 23.3 Å². The Kier molecular flexibility index (Phi) is 3.46. The van der Waals surface area contributed by atoms with Gasteiger partial charge in [0, 0.05) is 5.41 Å². The average Bonchev–Trinajstić information content (AvgIpc) is 3.16. The Morgan fingerprint density at radius 3 is 2.47 bits per heavy atom. The Bertz CT molecular complexity index is 517. The van der Waals surface area contributed by atoms with E-state index in [0.717, 1.165) is 18.4 Å². The van der Waals surface area contributed by atoms with Crippen molar-refractivity contribution in [3.8, 4) is 11.5 Å². The largest absolute Gasteiger partial charge is 0.493 e. The molecule has 1 aromatic rings. The van der Waals surface area contributed by atoms with Gasteiger partial charge in [-0.15, -0.1) is 0 Å². The third-order valence-corrected chi connectivity index (χ3v) is 3.59. The summed E-state index contributed by atoms with van der Waals surface area (Å²) < 4.78 is 10.4. The van der Waals surface area contributed by atoms with E-state index >= 15 is 0 Å². The number of carbonyl (C=O) groups is 2. The van der Waals surface area contributed by atoms with Crippen LogP contribution in [0.2, 0.25) is 0 Å². The molecule has 0 bridgehead atoms. The molecular formula is C14H16O5. The van der Waals surface area contributed by atoms with Gasteiger partial charge in [-0.3, -0.25) is 9.59 Å². The van der Waals surface area contributed by atoms with Gasteiger partial charge in [-0.25, -0.2) is 0 Å². The van der Waals surface area contributed by atoms with Gasteiger partial charge in [0.05, 0.1) is 26.2 Å². The number of rotatable bonds is 6. The quantitative estimate of drug-likeness (QED) is 0.796. The highest BCUT2D eigenvalue weighted by atomic mass is 16.5. The number of ether oxygens (including phenoxy) is 2. The van der Waals surface area contributed by atoms with Crippen molar-refractivity contribution in [2.45, 2.75) is 24.7 Å². The van der Waals surface area contributed by atoms with Crippen molar-refractivity contribution in [2.75, 3.05) is 14.2 Å². The van der Waals surface area contributed by atoms with Gasteiger partial charge >= 0.3 is 5.97 Å². The number of benzene rings is 1. The minimum absolute atomic E-state index is 0.0702. The van der Waals surface area contributed by atoms with Crippen molar-refractivity contribution in [3.63, 3.8) is 0 Å². The maximum absolute atomic E-state index is 11.1. The van der Waals surface area contributed by atoms with Crippen LogP contribution in [-0.4, -0.2) is 31.6 Å². The second kappa shape index (κ2) is 4.91. The molecule has 0 aliphatic heterocycles. The number of hydrogen-bond donors (Lipinski definition) is 1. The first kappa shape index (κ1) is 13.4. The first-order valence-electron chi connectivity index (χ1n) is 6.00. The van der Waals surface area contributed by atoms with E-state index in [4.69, 9.17) is 14.6 Å². The Hall–Kier alpha value is -2.04. The van der Waals surface area contributed by atoms with Gasteiger partial charge in [-0.05, 0) is 30.5 Å². The lowest BCUT2D eigenvalue weighted by Crippen LogP contribution is -2.14. The first-order chi connectivity index (χ1) is 9.06. The molecule has 1 aliphatic rings. The second-order valence-corrected chi connectivity index (χ2v) is 4.77. The molecule has 0 radical (unpaired) electrons. The maximum atomic E-state index is 11.1. The summed E-state index contributed by atoms with van der Waals surface area (Å²) in [5.41, 5.74) is 0.853. The molecule has 0 amide bonds. The molecule has 102 valence electrons. The lowest BCUT2D eigenvalue weighted by Gasteiger charge is -2.17. The first-order valence-corrected chi connectivity index (χ1v) is 6.00. The average molecular weight is 264 g/mol. The maximum Gasteiger partial charge on any atom is 0.304 e. The topological polar surface area (TPSA) is 72.8 Å². The molecule has 5 heteroatoms. The number of carboxylic acids is 1. The molecule has 1 aromatic carbocycles. The number of carbonyl (C=O) groups excluding carboxylic acids is 1. The molecule has 1 fully saturated rings. The third-order valence-electron chi connectivity index (χ3n) is 3.59. The molecule has 5 nitrogen and oxygen atoms in total. The van der Waals surface area contributed by atoms with Crippen LogP contribution >= 0.6 is 0 Å². The van der Waals surface area contributed by atoms with Crippen molar-refractivity contribution in [3.05, 3.63) is 23.3 Å². The van der Waals surface area contributed by atoms with Crippen molar-refractivity contribution >= 4 is 12.3 Å². The van der Waals surface area contributed by atoms with Crippen LogP contribution in [0.25, 0.3) is 0 Å². The summed E-state index contributed by atoms with van der Waals surface area (Å²) in [5, 5.41) is 8.98. The zero-order valence-corrected chi connectivity index (χ0v) is 10.9. The molecule has 0 unspecified atom stereocenters. The number of hydrogen-bond acceptors (Lipinski definition) is 4. The van der Waals surface area contributed by atoms with Crippen LogP contribution in [0.3, 0.4) is 0 Å². The van der Waals surface area contributed by atoms with Crippen LogP contribution < -0.4 is 9.47 Å². The monoisotopic (exact) mass is 264 g/mol. The predicted octanol–water partition coefficient (Wildman–Crippen LogP) is 2.02. The smallest absolute Gasteiger partial charge is 0.304 e. The van der Waals surface area contributed by atoms with E-state index in [9.17, 15) is 9.59 Å². The molecule has 0 aromatic heterocycles. The van der Waals surface area contributed by atoms with Crippen LogP contribution in [0.5, 0.6) is 11.5 Å². The number of carboxylic acid groups (broad SMARTS) is 1. The SMILES string of the molecule is COc1cc(C2(CC(=O)O)CC2)cc(C=O)c1OC. The van der Waals surface area contributed by atoms with Gasteiger partial charge < -0.3 is 14.6 Å². The van der Waals surface area contributed by atoms with Crippen LogP contribution in [0.4, 0.5) is 0 Å². The summed E-state index contributed by atoms with van der Waals surface area (Å²) in [6, 6.07) is 3.46. The van der Waals surface area contributed by atoms with Crippen molar-refractivity contribution in [1.29, 1.82) is 0 Å². The lowest BCUT2D eigenvalue weighted by molar-refractivity contribution is -0.137. The highest BCUT2D eigenvalue weighted by molar-refractivity contribution is 5.82. The molecule has 2 rings (SSSR count). The standard InChI is InChI=1S/C14H16O5/c1-18-11-6-10(5-9(8-15)13(11)19-2)14(3-4-14)7-12(16)17/h5-6,8H,3-4,7H2,1-2H3,(H,16,17). The van der Waals surface area contributed by atoms with Crippen LogP contribution in [0.15, 0.2) is 12.1 Å². The molecular weight excluding hydrogens is 248 g/mol. The zero-order valence-electron chi connectivity index (χ0n) is 10.9. The normalized spacial score (nSPS) is 15.7. The van der Waals surface area contributed by atoms with Gasteiger partial charge in [-0.2, -0.15) is 0 Å². The number of aldehydes is 1. The Balaban J connectivity index is 2.48. The molecule has 0 saturated heterocycles. The van der Waals surface area contributed by atoms with Gasteiger partial charge in [-0.1, -0.05) is 0 Å². The number of aliphatic carboxylic acids is 1. The zero-order chi connectivity index (χ0) is 14.0. The predicted molar refractivity (Wildman–Crippen MR) is 68.1 cm³/mol. The molecule has 1 saturated carbocycles. The molecule has 0 heterocycles. The lowest BCUT2D eigenvalue weighted by atomic mass is 9.90. The van der Waals surface area contributed by atoms with Crippen LogP contribution in [-0.2, 0) is 10.2 Å². The Morgan fingerprint density at radius 2 is 2.05 bits per heavy atom. The van der Waals surface area contributed by atoms with Crippen LogP contribution in [0.1, 0.15) is 35.2 Å². The molecule has 1 N–H and O–H groups in total. The van der Waals surface area contributed by atoms with Crippen molar-refractivity contribution in [2.24, 2.45) is 0 Å². The van der Waals surface area contributed by atoms with Gasteiger partial charge in [0.25, 0.3) is 0 Å². The summed E-state index contributed by atoms with van der Waals surface area (Å²) in [6.07, 6.45) is 2.39.